The molecular formula is C13H17N5O2. The first-order valence-electron chi connectivity index (χ1n) is 6.43. The number of methoxy groups -OCH3 is 1. The minimum Gasteiger partial charge on any atom is -0.497 e. The summed E-state index contributed by atoms with van der Waals surface area (Å²) < 4.78 is 5.08. The van der Waals surface area contributed by atoms with Gasteiger partial charge in [-0.25, -0.2) is 4.79 Å². The van der Waals surface area contributed by atoms with Gasteiger partial charge in [0.1, 0.15) is 5.75 Å². The van der Waals surface area contributed by atoms with Crippen molar-refractivity contribution in [1.29, 1.82) is 0 Å². The molecule has 1 atom stereocenters. The Morgan fingerprint density at radius 1 is 1.55 bits per heavy atom. The SMILES string of the molecule is COc1ccc(CNC(=O)N2CCC(N=[N+]=[N-])C2)cc1. The molecule has 1 heterocycles. The standard InChI is InChI=1S/C13H17N5O2/c1-20-12-4-2-10(3-5-12)8-15-13(19)18-7-6-11(9-18)16-17-14/h2-5,11H,6-9H2,1H3,(H,15,19). The number of ether oxygens (including phenoxy) is 1. The molecule has 106 valence electrons. The van der Waals surface area contributed by atoms with Crippen LogP contribution in [0.1, 0.15) is 12.0 Å². The van der Waals surface area contributed by atoms with Gasteiger partial charge in [-0.1, -0.05) is 17.2 Å². The summed E-state index contributed by atoms with van der Waals surface area (Å²) in [5.41, 5.74) is 9.38. The Hall–Kier alpha value is -2.40. The lowest BCUT2D eigenvalue weighted by Crippen LogP contribution is -2.38. The van der Waals surface area contributed by atoms with E-state index in [-0.39, 0.29) is 12.1 Å². The zero-order chi connectivity index (χ0) is 14.4. The van der Waals surface area contributed by atoms with Gasteiger partial charge in [0.2, 0.25) is 0 Å². The Labute approximate surface area is 117 Å². The summed E-state index contributed by atoms with van der Waals surface area (Å²) in [6, 6.07) is 7.30. The Morgan fingerprint density at radius 2 is 2.30 bits per heavy atom. The van der Waals surface area contributed by atoms with E-state index in [1.165, 1.54) is 0 Å². The minimum atomic E-state index is -0.128. The van der Waals surface area contributed by atoms with E-state index >= 15 is 0 Å². The number of benzene rings is 1. The lowest BCUT2D eigenvalue weighted by atomic mass is 10.2. The maximum Gasteiger partial charge on any atom is 0.317 e. The molecule has 1 N–H and O–H groups in total. The fourth-order valence-corrected chi connectivity index (χ4v) is 2.13. The lowest BCUT2D eigenvalue weighted by molar-refractivity contribution is 0.208. The number of rotatable bonds is 4. The smallest absolute Gasteiger partial charge is 0.317 e. The molecule has 1 aliphatic rings. The van der Waals surface area contributed by atoms with Gasteiger partial charge in [0, 0.05) is 24.5 Å². The average Bonchev–Trinajstić information content (AvgIpc) is 2.94. The Morgan fingerprint density at radius 3 is 2.95 bits per heavy atom. The van der Waals surface area contributed by atoms with Crippen molar-refractivity contribution in [2.24, 2.45) is 5.11 Å². The van der Waals surface area contributed by atoms with Gasteiger partial charge >= 0.3 is 6.03 Å². The highest BCUT2D eigenvalue weighted by molar-refractivity contribution is 5.74. The number of hydrogen-bond donors (Lipinski definition) is 1. The summed E-state index contributed by atoms with van der Waals surface area (Å²) in [7, 11) is 1.62. The van der Waals surface area contributed by atoms with Crippen molar-refractivity contribution < 1.29 is 9.53 Å². The molecule has 2 rings (SSSR count). The van der Waals surface area contributed by atoms with Crippen LogP contribution in [0.15, 0.2) is 29.4 Å². The fraction of sp³-hybridized carbons (Fsp3) is 0.462. The van der Waals surface area contributed by atoms with Crippen LogP contribution in [0, 0.1) is 0 Å². The second-order valence-electron chi connectivity index (χ2n) is 4.60. The van der Waals surface area contributed by atoms with Crippen LogP contribution in [0.4, 0.5) is 4.79 Å². The molecule has 1 aliphatic heterocycles. The number of urea groups is 1. The quantitative estimate of drug-likeness (QED) is 0.519. The number of amides is 2. The molecule has 20 heavy (non-hydrogen) atoms. The van der Waals surface area contributed by atoms with Crippen molar-refractivity contribution in [3.05, 3.63) is 40.3 Å². The van der Waals surface area contributed by atoms with E-state index < -0.39 is 0 Å². The summed E-state index contributed by atoms with van der Waals surface area (Å²) >= 11 is 0. The topological polar surface area (TPSA) is 90.3 Å². The first-order chi connectivity index (χ1) is 9.72. The molecule has 1 aromatic rings. The number of hydrogen-bond acceptors (Lipinski definition) is 3. The first-order valence-corrected chi connectivity index (χ1v) is 6.43. The molecule has 0 aliphatic carbocycles. The van der Waals surface area contributed by atoms with Crippen molar-refractivity contribution in [2.75, 3.05) is 20.2 Å². The largest absolute Gasteiger partial charge is 0.497 e. The molecule has 1 saturated heterocycles. The fourth-order valence-electron chi connectivity index (χ4n) is 2.13. The Bertz CT molecular complexity index is 510. The van der Waals surface area contributed by atoms with E-state index in [0.717, 1.165) is 17.7 Å². The predicted molar refractivity (Wildman–Crippen MR) is 74.4 cm³/mol. The third-order valence-corrected chi connectivity index (χ3v) is 3.27. The van der Waals surface area contributed by atoms with Crippen LogP contribution >= 0.6 is 0 Å². The van der Waals surface area contributed by atoms with Gasteiger partial charge in [0.15, 0.2) is 0 Å². The van der Waals surface area contributed by atoms with Gasteiger partial charge in [0.25, 0.3) is 0 Å². The highest BCUT2D eigenvalue weighted by Gasteiger charge is 2.24. The van der Waals surface area contributed by atoms with Gasteiger partial charge < -0.3 is 15.0 Å². The summed E-state index contributed by atoms with van der Waals surface area (Å²) in [6.45, 7) is 1.57. The van der Waals surface area contributed by atoms with Crippen molar-refractivity contribution in [1.82, 2.24) is 10.2 Å². The van der Waals surface area contributed by atoms with Gasteiger partial charge in [-0.2, -0.15) is 0 Å². The number of nitrogens with zero attached hydrogens (tertiary/aromatic N) is 4. The van der Waals surface area contributed by atoms with Gasteiger partial charge in [-0.15, -0.1) is 0 Å². The molecule has 0 aromatic heterocycles. The molecule has 0 bridgehead atoms. The third-order valence-electron chi connectivity index (χ3n) is 3.27. The molecule has 1 fully saturated rings. The first kappa shape index (κ1) is 14.0. The van der Waals surface area contributed by atoms with Crippen LogP contribution in [-0.4, -0.2) is 37.2 Å². The monoisotopic (exact) mass is 275 g/mol. The van der Waals surface area contributed by atoms with E-state index in [0.29, 0.717) is 19.6 Å². The number of likely N-dealkylation sites (tertiary alicyclic amines) is 1. The predicted octanol–water partition coefficient (Wildman–Crippen LogP) is 2.29. The maximum absolute atomic E-state index is 11.9. The summed E-state index contributed by atoms with van der Waals surface area (Å²) in [4.78, 5) is 16.4. The minimum absolute atomic E-state index is 0.105. The number of azide groups is 1. The van der Waals surface area contributed by atoms with Gasteiger partial charge in [-0.3, -0.25) is 0 Å². The normalized spacial score (nSPS) is 17.4. The average molecular weight is 275 g/mol. The van der Waals surface area contributed by atoms with E-state index in [9.17, 15) is 4.79 Å². The molecule has 7 heteroatoms. The van der Waals surface area contributed by atoms with Crippen LogP contribution in [0.25, 0.3) is 10.4 Å². The van der Waals surface area contributed by atoms with Gasteiger partial charge in [0.05, 0.1) is 13.2 Å². The second kappa shape index (κ2) is 6.68. The maximum atomic E-state index is 11.9. The van der Waals surface area contributed by atoms with E-state index in [1.54, 1.807) is 12.0 Å². The van der Waals surface area contributed by atoms with Crippen molar-refractivity contribution in [2.45, 2.75) is 19.0 Å². The summed E-state index contributed by atoms with van der Waals surface area (Å²) in [5, 5.41) is 6.49. The van der Waals surface area contributed by atoms with Gasteiger partial charge in [-0.05, 0) is 29.6 Å². The lowest BCUT2D eigenvalue weighted by Gasteiger charge is -2.16. The van der Waals surface area contributed by atoms with Crippen LogP contribution < -0.4 is 10.1 Å². The van der Waals surface area contributed by atoms with Crippen molar-refractivity contribution >= 4 is 6.03 Å². The van der Waals surface area contributed by atoms with Crippen molar-refractivity contribution in [3.8, 4) is 5.75 Å². The van der Waals surface area contributed by atoms with Crippen LogP contribution in [0.3, 0.4) is 0 Å². The molecular weight excluding hydrogens is 258 g/mol. The molecule has 0 saturated carbocycles. The van der Waals surface area contributed by atoms with Crippen LogP contribution in [0.2, 0.25) is 0 Å². The molecule has 0 spiro atoms. The molecule has 0 radical (unpaired) electrons. The summed E-state index contributed by atoms with van der Waals surface area (Å²) in [5.74, 6) is 0.789. The molecule has 1 unspecified atom stereocenters. The van der Waals surface area contributed by atoms with E-state index in [2.05, 4.69) is 15.3 Å². The molecule has 2 amide bonds. The zero-order valence-corrected chi connectivity index (χ0v) is 11.3. The van der Waals surface area contributed by atoms with E-state index in [4.69, 9.17) is 10.3 Å². The van der Waals surface area contributed by atoms with E-state index in [1.807, 2.05) is 24.3 Å². The Kier molecular flexibility index (Phi) is 4.68. The molecule has 1 aromatic carbocycles. The highest BCUT2D eigenvalue weighted by atomic mass is 16.5. The number of carbonyl (C=O) groups excluding carboxylic acids is 1. The summed E-state index contributed by atoms with van der Waals surface area (Å²) in [6.07, 6.45) is 0.722. The van der Waals surface area contributed by atoms with Crippen LogP contribution in [0.5, 0.6) is 5.75 Å². The number of nitrogens with one attached hydrogen (secondary N) is 1. The second-order valence-corrected chi connectivity index (χ2v) is 4.60. The van der Waals surface area contributed by atoms with Crippen molar-refractivity contribution in [3.63, 3.8) is 0 Å². The Balaban J connectivity index is 1.81. The highest BCUT2D eigenvalue weighted by Crippen LogP contribution is 2.14. The zero-order valence-electron chi connectivity index (χ0n) is 11.3. The van der Waals surface area contributed by atoms with Crippen LogP contribution in [-0.2, 0) is 6.54 Å². The third kappa shape index (κ3) is 3.55. The molecule has 7 nitrogen and oxygen atoms in total. The number of carbonyl (C=O) groups is 1.